The number of benzene rings is 1. The normalized spacial score (nSPS) is 14.4. The van der Waals surface area contributed by atoms with Crippen LogP contribution in [-0.2, 0) is 5.60 Å². The first-order valence-corrected chi connectivity index (χ1v) is 4.86. The minimum absolute atomic E-state index is 0.190. The second-order valence-corrected chi connectivity index (χ2v) is 3.64. The minimum atomic E-state index is -1.47. The highest BCUT2D eigenvalue weighted by molar-refractivity contribution is 5.31. The van der Waals surface area contributed by atoms with Crippen LogP contribution in [-0.4, -0.2) is 15.1 Å². The van der Waals surface area contributed by atoms with Gasteiger partial charge in [-0.05, 0) is 13.0 Å². The second-order valence-electron chi connectivity index (χ2n) is 3.64. The Labute approximate surface area is 92.6 Å². The van der Waals surface area contributed by atoms with Crippen LogP contribution < -0.4 is 0 Å². The van der Waals surface area contributed by atoms with E-state index in [-0.39, 0.29) is 5.56 Å². The molecule has 3 nitrogen and oxygen atoms in total. The SMILES string of the molecule is CC(O)(c1cnccn1)c1ccccc1F. The molecule has 1 aromatic carbocycles. The monoisotopic (exact) mass is 218 g/mol. The molecule has 4 heteroatoms. The molecule has 1 atom stereocenters. The summed E-state index contributed by atoms with van der Waals surface area (Å²) in [5, 5.41) is 10.3. The molecular formula is C12H11FN2O. The molecule has 0 radical (unpaired) electrons. The van der Waals surface area contributed by atoms with Gasteiger partial charge in [-0.15, -0.1) is 0 Å². The molecule has 1 aromatic heterocycles. The van der Waals surface area contributed by atoms with E-state index >= 15 is 0 Å². The Morgan fingerprint density at radius 3 is 2.62 bits per heavy atom. The van der Waals surface area contributed by atoms with Gasteiger partial charge in [0.05, 0.1) is 11.9 Å². The lowest BCUT2D eigenvalue weighted by Gasteiger charge is -2.23. The largest absolute Gasteiger partial charge is 0.379 e. The standard InChI is InChI=1S/C12H11FN2O/c1-12(16,11-8-14-6-7-15-11)9-4-2-3-5-10(9)13/h2-8,16H,1H3. The molecule has 0 saturated heterocycles. The summed E-state index contributed by atoms with van der Waals surface area (Å²) < 4.78 is 13.6. The van der Waals surface area contributed by atoms with Gasteiger partial charge in [0.25, 0.3) is 0 Å². The lowest BCUT2D eigenvalue weighted by Crippen LogP contribution is -2.25. The molecule has 0 aliphatic rings. The van der Waals surface area contributed by atoms with E-state index in [1.165, 1.54) is 37.6 Å². The number of halogens is 1. The van der Waals surface area contributed by atoms with Gasteiger partial charge >= 0.3 is 0 Å². The molecule has 16 heavy (non-hydrogen) atoms. The Morgan fingerprint density at radius 2 is 2.00 bits per heavy atom. The summed E-state index contributed by atoms with van der Waals surface area (Å²) in [7, 11) is 0. The molecule has 0 aliphatic heterocycles. The van der Waals surface area contributed by atoms with E-state index in [4.69, 9.17) is 0 Å². The number of nitrogens with zero attached hydrogens (tertiary/aromatic N) is 2. The Balaban J connectivity index is 2.51. The smallest absolute Gasteiger partial charge is 0.133 e. The molecule has 0 fully saturated rings. The number of aliphatic hydroxyl groups is 1. The first-order valence-electron chi connectivity index (χ1n) is 4.86. The van der Waals surface area contributed by atoms with Crippen molar-refractivity contribution in [2.75, 3.05) is 0 Å². The fourth-order valence-corrected chi connectivity index (χ4v) is 1.54. The Morgan fingerprint density at radius 1 is 1.25 bits per heavy atom. The molecule has 1 unspecified atom stereocenters. The van der Waals surface area contributed by atoms with Crippen LogP contribution in [0.5, 0.6) is 0 Å². The summed E-state index contributed by atoms with van der Waals surface area (Å²) in [5.74, 6) is -0.460. The van der Waals surface area contributed by atoms with Gasteiger partial charge in [0, 0.05) is 18.0 Å². The molecular weight excluding hydrogens is 207 g/mol. The number of hydrogen-bond acceptors (Lipinski definition) is 3. The van der Waals surface area contributed by atoms with Gasteiger partial charge < -0.3 is 5.11 Å². The van der Waals surface area contributed by atoms with Gasteiger partial charge in [-0.3, -0.25) is 9.97 Å². The highest BCUT2D eigenvalue weighted by Gasteiger charge is 2.29. The van der Waals surface area contributed by atoms with Crippen LogP contribution in [0.25, 0.3) is 0 Å². The Hall–Kier alpha value is -1.81. The van der Waals surface area contributed by atoms with Gasteiger partial charge in [0.15, 0.2) is 0 Å². The zero-order valence-electron chi connectivity index (χ0n) is 8.76. The molecule has 0 saturated carbocycles. The van der Waals surface area contributed by atoms with Crippen molar-refractivity contribution in [3.05, 3.63) is 59.9 Å². The molecule has 1 N–H and O–H groups in total. The highest BCUT2D eigenvalue weighted by Crippen LogP contribution is 2.28. The summed E-state index contributed by atoms with van der Waals surface area (Å²) >= 11 is 0. The zero-order chi connectivity index (χ0) is 11.6. The Bertz CT molecular complexity index is 485. The lowest BCUT2D eigenvalue weighted by molar-refractivity contribution is 0.0927. The van der Waals surface area contributed by atoms with Crippen molar-refractivity contribution in [1.82, 2.24) is 9.97 Å². The maximum Gasteiger partial charge on any atom is 0.133 e. The third-order valence-electron chi connectivity index (χ3n) is 2.46. The molecule has 2 aromatic rings. The van der Waals surface area contributed by atoms with Crippen LogP contribution >= 0.6 is 0 Å². The highest BCUT2D eigenvalue weighted by atomic mass is 19.1. The van der Waals surface area contributed by atoms with E-state index in [1.54, 1.807) is 12.1 Å². The number of hydrogen-bond donors (Lipinski definition) is 1. The summed E-state index contributed by atoms with van der Waals surface area (Å²) in [6, 6.07) is 6.08. The minimum Gasteiger partial charge on any atom is -0.379 e. The maximum atomic E-state index is 13.6. The Kier molecular flexibility index (Phi) is 2.66. The van der Waals surface area contributed by atoms with Crippen LogP contribution in [0.2, 0.25) is 0 Å². The van der Waals surface area contributed by atoms with E-state index in [0.29, 0.717) is 5.69 Å². The predicted molar refractivity (Wildman–Crippen MR) is 57.1 cm³/mol. The van der Waals surface area contributed by atoms with Crippen molar-refractivity contribution in [3.8, 4) is 0 Å². The van der Waals surface area contributed by atoms with Crippen LogP contribution in [0.3, 0.4) is 0 Å². The summed E-state index contributed by atoms with van der Waals surface area (Å²) in [5.41, 5.74) is -0.963. The van der Waals surface area contributed by atoms with Crippen LogP contribution in [0.15, 0.2) is 42.9 Å². The van der Waals surface area contributed by atoms with Gasteiger partial charge in [0.1, 0.15) is 11.4 Å². The molecule has 0 spiro atoms. The van der Waals surface area contributed by atoms with Crippen molar-refractivity contribution in [2.24, 2.45) is 0 Å². The lowest BCUT2D eigenvalue weighted by atomic mass is 9.92. The topological polar surface area (TPSA) is 46.0 Å². The van der Waals surface area contributed by atoms with E-state index in [2.05, 4.69) is 9.97 Å². The molecule has 0 bridgehead atoms. The first-order chi connectivity index (χ1) is 7.62. The molecule has 0 aliphatic carbocycles. The van der Waals surface area contributed by atoms with Crippen LogP contribution in [0, 0.1) is 5.82 Å². The predicted octanol–water partition coefficient (Wildman–Crippen LogP) is 1.87. The molecule has 0 amide bonds. The number of aromatic nitrogens is 2. The average Bonchev–Trinajstić information content (AvgIpc) is 2.30. The average molecular weight is 218 g/mol. The number of rotatable bonds is 2. The van der Waals surface area contributed by atoms with Crippen LogP contribution in [0.1, 0.15) is 18.2 Å². The van der Waals surface area contributed by atoms with Crippen molar-refractivity contribution in [3.63, 3.8) is 0 Å². The summed E-state index contributed by atoms with van der Waals surface area (Å²) in [4.78, 5) is 7.85. The van der Waals surface area contributed by atoms with Gasteiger partial charge in [-0.1, -0.05) is 18.2 Å². The van der Waals surface area contributed by atoms with Crippen molar-refractivity contribution < 1.29 is 9.50 Å². The van der Waals surface area contributed by atoms with Gasteiger partial charge in [-0.25, -0.2) is 4.39 Å². The van der Waals surface area contributed by atoms with E-state index in [0.717, 1.165) is 0 Å². The van der Waals surface area contributed by atoms with Crippen molar-refractivity contribution >= 4 is 0 Å². The van der Waals surface area contributed by atoms with E-state index in [1.807, 2.05) is 0 Å². The third-order valence-corrected chi connectivity index (χ3v) is 2.46. The van der Waals surface area contributed by atoms with E-state index in [9.17, 15) is 9.50 Å². The van der Waals surface area contributed by atoms with Gasteiger partial charge in [-0.2, -0.15) is 0 Å². The molecule has 1 heterocycles. The quantitative estimate of drug-likeness (QED) is 0.837. The van der Waals surface area contributed by atoms with Crippen molar-refractivity contribution in [1.29, 1.82) is 0 Å². The van der Waals surface area contributed by atoms with Crippen molar-refractivity contribution in [2.45, 2.75) is 12.5 Å². The fourth-order valence-electron chi connectivity index (χ4n) is 1.54. The molecule has 82 valence electrons. The first kappa shape index (κ1) is 10.7. The van der Waals surface area contributed by atoms with Gasteiger partial charge in [0.2, 0.25) is 0 Å². The van der Waals surface area contributed by atoms with Crippen LogP contribution in [0.4, 0.5) is 4.39 Å². The zero-order valence-corrected chi connectivity index (χ0v) is 8.76. The molecule has 2 rings (SSSR count). The fraction of sp³-hybridized carbons (Fsp3) is 0.167. The summed E-state index contributed by atoms with van der Waals surface area (Å²) in [6.45, 7) is 1.50. The second kappa shape index (κ2) is 3.98. The maximum absolute atomic E-state index is 13.6. The van der Waals surface area contributed by atoms with E-state index < -0.39 is 11.4 Å². The summed E-state index contributed by atoms with van der Waals surface area (Å²) in [6.07, 6.45) is 4.39. The third kappa shape index (κ3) is 1.79.